The number of aromatic nitrogens is 4. The molecular formula is C7H8N6O3S2. The van der Waals surface area contributed by atoms with Crippen LogP contribution in [0.2, 0.25) is 0 Å². The van der Waals surface area contributed by atoms with Crippen molar-refractivity contribution < 1.29 is 13.2 Å². The molecule has 2 rings (SSSR count). The van der Waals surface area contributed by atoms with E-state index < -0.39 is 15.9 Å². The van der Waals surface area contributed by atoms with E-state index in [9.17, 15) is 13.2 Å². The predicted molar refractivity (Wildman–Crippen MR) is 62.4 cm³/mol. The summed E-state index contributed by atoms with van der Waals surface area (Å²) in [4.78, 5) is 11.7. The van der Waals surface area contributed by atoms with Gasteiger partial charge in [-0.05, 0) is 11.5 Å². The van der Waals surface area contributed by atoms with E-state index in [1.807, 2.05) is 0 Å². The van der Waals surface area contributed by atoms with Crippen LogP contribution < -0.4 is 10.5 Å². The number of hydrogen-bond donors (Lipinski definition) is 2. The molecule has 18 heavy (non-hydrogen) atoms. The molecule has 9 nitrogen and oxygen atoms in total. The minimum Gasteiger partial charge on any atom is -0.303 e. The molecular weight excluding hydrogens is 280 g/mol. The van der Waals surface area contributed by atoms with E-state index >= 15 is 0 Å². The molecule has 0 aliphatic rings. The number of rotatable bonds is 3. The van der Waals surface area contributed by atoms with E-state index in [2.05, 4.69) is 20.0 Å². The molecule has 0 fully saturated rings. The van der Waals surface area contributed by atoms with Crippen LogP contribution in [-0.4, -0.2) is 33.7 Å². The largest absolute Gasteiger partial charge is 0.303 e. The van der Waals surface area contributed by atoms with Gasteiger partial charge in [0.1, 0.15) is 9.77 Å². The quantitative estimate of drug-likeness (QED) is 0.757. The number of primary sulfonamides is 1. The molecule has 0 atom stereocenters. The van der Waals surface area contributed by atoms with E-state index in [0.29, 0.717) is 0 Å². The van der Waals surface area contributed by atoms with Crippen LogP contribution in [0, 0.1) is 0 Å². The molecule has 0 aliphatic carbocycles. The number of sulfonamides is 1. The molecule has 0 radical (unpaired) electrons. The summed E-state index contributed by atoms with van der Waals surface area (Å²) < 4.78 is 27.3. The van der Waals surface area contributed by atoms with Crippen molar-refractivity contribution in [1.29, 1.82) is 0 Å². The Morgan fingerprint density at radius 1 is 1.56 bits per heavy atom. The Morgan fingerprint density at radius 2 is 2.28 bits per heavy atom. The Balaban J connectivity index is 2.33. The third-order valence-corrected chi connectivity index (χ3v) is 3.49. The number of anilines is 1. The zero-order valence-electron chi connectivity index (χ0n) is 9.06. The molecule has 0 unspecified atom stereocenters. The van der Waals surface area contributed by atoms with Gasteiger partial charge in [0.05, 0.1) is 6.20 Å². The topological polar surface area (TPSA) is 133 Å². The first-order valence-corrected chi connectivity index (χ1v) is 6.85. The second-order valence-corrected chi connectivity index (χ2v) is 5.61. The lowest BCUT2D eigenvalue weighted by atomic mass is 10.5. The number of carbonyl (C=O) groups excluding carboxylic acids is 1. The van der Waals surface area contributed by atoms with E-state index in [1.165, 1.54) is 24.1 Å². The highest BCUT2D eigenvalue weighted by Crippen LogP contribution is 2.18. The fourth-order valence-corrected chi connectivity index (χ4v) is 2.27. The molecule has 0 spiro atoms. The number of nitrogens with one attached hydrogen (secondary N) is 1. The van der Waals surface area contributed by atoms with Gasteiger partial charge in [-0.1, -0.05) is 4.49 Å². The summed E-state index contributed by atoms with van der Waals surface area (Å²) in [7, 11) is -2.44. The fraction of sp³-hybridized carbons (Fsp3) is 0.143. The predicted octanol–water partition coefficient (Wildman–Crippen LogP) is -0.829. The second kappa shape index (κ2) is 4.44. The van der Waals surface area contributed by atoms with Crippen molar-refractivity contribution >= 4 is 33.3 Å². The van der Waals surface area contributed by atoms with Gasteiger partial charge in [-0.15, -0.1) is 5.10 Å². The summed E-state index contributed by atoms with van der Waals surface area (Å²) >= 11 is 0.882. The first-order valence-electron chi connectivity index (χ1n) is 4.53. The third kappa shape index (κ3) is 2.52. The summed E-state index contributed by atoms with van der Waals surface area (Å²) in [5.74, 6) is -0.674. The molecule has 1 amide bonds. The average molecular weight is 288 g/mol. The van der Waals surface area contributed by atoms with Gasteiger partial charge in [0.2, 0.25) is 10.0 Å². The Labute approximate surface area is 106 Å². The lowest BCUT2D eigenvalue weighted by Crippen LogP contribution is -2.17. The lowest BCUT2D eigenvalue weighted by Gasteiger charge is -2.00. The maximum atomic E-state index is 11.7. The van der Waals surface area contributed by atoms with Crippen LogP contribution in [0.15, 0.2) is 17.3 Å². The van der Waals surface area contributed by atoms with Crippen LogP contribution in [-0.2, 0) is 17.1 Å². The van der Waals surface area contributed by atoms with E-state index in [-0.39, 0.29) is 15.6 Å². The molecule has 11 heteroatoms. The minimum absolute atomic E-state index is 0.126. The Hall–Kier alpha value is -1.85. The van der Waals surface area contributed by atoms with Crippen LogP contribution in [0.3, 0.4) is 0 Å². The third-order valence-electron chi connectivity index (χ3n) is 1.92. The molecule has 3 N–H and O–H groups in total. The van der Waals surface area contributed by atoms with Crippen LogP contribution >= 0.6 is 11.5 Å². The van der Waals surface area contributed by atoms with Crippen molar-refractivity contribution in [3.8, 4) is 0 Å². The van der Waals surface area contributed by atoms with Gasteiger partial charge in [-0.3, -0.25) is 9.48 Å². The molecule has 0 aromatic carbocycles. The van der Waals surface area contributed by atoms with Crippen LogP contribution in [0.25, 0.3) is 0 Å². The maximum absolute atomic E-state index is 11.7. The Kier molecular flexibility index (Phi) is 3.11. The second-order valence-electron chi connectivity index (χ2n) is 3.30. The number of nitrogens with two attached hydrogens (primary N) is 1. The smallest absolute Gasteiger partial charge is 0.270 e. The summed E-state index contributed by atoms with van der Waals surface area (Å²) in [6, 6.07) is 0. The van der Waals surface area contributed by atoms with Crippen LogP contribution in [0.4, 0.5) is 5.82 Å². The average Bonchev–Trinajstić information content (AvgIpc) is 2.85. The zero-order valence-corrected chi connectivity index (χ0v) is 10.7. The number of hydrogen-bond acceptors (Lipinski definition) is 7. The van der Waals surface area contributed by atoms with Crippen molar-refractivity contribution in [3.05, 3.63) is 17.3 Å². The van der Waals surface area contributed by atoms with Crippen LogP contribution in [0.1, 0.15) is 9.67 Å². The van der Waals surface area contributed by atoms with E-state index in [4.69, 9.17) is 5.14 Å². The van der Waals surface area contributed by atoms with Crippen molar-refractivity contribution in [2.75, 3.05) is 5.32 Å². The number of amides is 1. The fourth-order valence-electron chi connectivity index (χ4n) is 1.20. The van der Waals surface area contributed by atoms with Gasteiger partial charge in [0.25, 0.3) is 5.91 Å². The van der Waals surface area contributed by atoms with Crippen molar-refractivity contribution in [1.82, 2.24) is 19.4 Å². The van der Waals surface area contributed by atoms with Gasteiger partial charge in [-0.2, -0.15) is 5.10 Å². The highest BCUT2D eigenvalue weighted by Gasteiger charge is 2.21. The summed E-state index contributed by atoms with van der Waals surface area (Å²) in [6.45, 7) is 0. The van der Waals surface area contributed by atoms with Gasteiger partial charge in [0.15, 0.2) is 5.82 Å². The highest BCUT2D eigenvalue weighted by molar-refractivity contribution is 7.89. The van der Waals surface area contributed by atoms with Gasteiger partial charge in [-0.25, -0.2) is 13.6 Å². The highest BCUT2D eigenvalue weighted by atomic mass is 32.2. The molecule has 0 saturated carbocycles. The molecule has 2 heterocycles. The minimum atomic E-state index is -3.95. The van der Waals surface area contributed by atoms with E-state index in [0.717, 1.165) is 11.5 Å². The first kappa shape index (κ1) is 12.6. The standard InChI is InChI=1S/C7H8N6O3S2/c1-13-3-5(18(8,15)16)6(11-13)10-7(14)4-2-9-12-17-4/h2-3H,1H3,(H2,8,15,16)(H,10,11,14). The Morgan fingerprint density at radius 3 is 2.83 bits per heavy atom. The van der Waals surface area contributed by atoms with Gasteiger partial charge >= 0.3 is 0 Å². The molecule has 2 aromatic rings. The SMILES string of the molecule is Cn1cc(S(N)(=O)=O)c(NC(=O)c2cnns2)n1. The zero-order chi connectivity index (χ0) is 13.3. The monoisotopic (exact) mass is 288 g/mol. The van der Waals surface area contributed by atoms with Crippen molar-refractivity contribution in [2.45, 2.75) is 4.90 Å². The molecule has 2 aromatic heterocycles. The number of aryl methyl sites for hydroxylation is 1. The number of nitrogens with zero attached hydrogens (tertiary/aromatic N) is 4. The summed E-state index contributed by atoms with van der Waals surface area (Å²) in [5.41, 5.74) is 0. The Bertz CT molecular complexity index is 674. The normalized spacial score (nSPS) is 11.4. The summed E-state index contributed by atoms with van der Waals surface area (Å²) in [6.07, 6.45) is 2.47. The molecule has 0 aliphatic heterocycles. The summed E-state index contributed by atoms with van der Waals surface area (Å²) in [5, 5.41) is 14.7. The van der Waals surface area contributed by atoms with Crippen molar-refractivity contribution in [2.24, 2.45) is 12.2 Å². The van der Waals surface area contributed by atoms with E-state index in [1.54, 1.807) is 0 Å². The first-order chi connectivity index (χ1) is 8.38. The molecule has 0 bridgehead atoms. The van der Waals surface area contributed by atoms with Gasteiger partial charge in [0, 0.05) is 13.2 Å². The van der Waals surface area contributed by atoms with Crippen molar-refractivity contribution in [3.63, 3.8) is 0 Å². The van der Waals surface area contributed by atoms with Gasteiger partial charge < -0.3 is 5.32 Å². The number of carbonyl (C=O) groups is 1. The molecule has 0 saturated heterocycles. The maximum Gasteiger partial charge on any atom is 0.270 e. The molecule has 96 valence electrons. The lowest BCUT2D eigenvalue weighted by molar-refractivity contribution is 0.102. The van der Waals surface area contributed by atoms with Crippen LogP contribution in [0.5, 0.6) is 0 Å².